The lowest BCUT2D eigenvalue weighted by Gasteiger charge is -2.14. The van der Waals surface area contributed by atoms with E-state index in [9.17, 15) is 4.79 Å². The highest BCUT2D eigenvalue weighted by Crippen LogP contribution is 2.16. The summed E-state index contributed by atoms with van der Waals surface area (Å²) in [5.41, 5.74) is 7.47. The number of hydrazone groups is 1. The summed E-state index contributed by atoms with van der Waals surface area (Å²) >= 11 is 0. The van der Waals surface area contributed by atoms with Gasteiger partial charge < -0.3 is 4.74 Å². The molecule has 0 unspecified atom stereocenters. The molecule has 0 heterocycles. The van der Waals surface area contributed by atoms with Crippen LogP contribution >= 0.6 is 0 Å². The van der Waals surface area contributed by atoms with Crippen LogP contribution in [0.4, 0.5) is 0 Å². The van der Waals surface area contributed by atoms with E-state index in [4.69, 9.17) is 4.74 Å². The fraction of sp³-hybridized carbons (Fsp3) is 0.263. The summed E-state index contributed by atoms with van der Waals surface area (Å²) in [6, 6.07) is 15.5. The highest BCUT2D eigenvalue weighted by molar-refractivity contribution is 6.00. The second-order valence-electron chi connectivity index (χ2n) is 5.52. The maximum atomic E-state index is 12.3. The smallest absolute Gasteiger partial charge is 0.273 e. The Morgan fingerprint density at radius 2 is 1.83 bits per heavy atom. The molecule has 1 N–H and O–H groups in total. The molecule has 4 heteroatoms. The van der Waals surface area contributed by atoms with E-state index in [1.807, 2.05) is 57.2 Å². The fourth-order valence-electron chi connectivity index (χ4n) is 2.41. The summed E-state index contributed by atoms with van der Waals surface area (Å²) < 4.78 is 5.30. The van der Waals surface area contributed by atoms with Gasteiger partial charge in [0.2, 0.25) is 0 Å². The minimum absolute atomic E-state index is 0.289. The zero-order valence-corrected chi connectivity index (χ0v) is 14.0. The Hall–Kier alpha value is -2.46. The predicted molar refractivity (Wildman–Crippen MR) is 92.5 cm³/mol. The van der Waals surface area contributed by atoms with Crippen molar-refractivity contribution in [3.63, 3.8) is 0 Å². The number of benzene rings is 2. The molecule has 23 heavy (non-hydrogen) atoms. The van der Waals surface area contributed by atoms with Crippen LogP contribution in [0.3, 0.4) is 0 Å². The molecular weight excluding hydrogens is 288 g/mol. The largest absolute Gasteiger partial charge is 0.367 e. The molecule has 0 aliphatic rings. The van der Waals surface area contributed by atoms with Gasteiger partial charge in [0, 0.05) is 12.7 Å². The molecular formula is C19H22N2O2. The molecule has 0 bridgehead atoms. The second kappa shape index (κ2) is 7.70. The van der Waals surface area contributed by atoms with Crippen molar-refractivity contribution in [1.82, 2.24) is 5.43 Å². The number of hydrogen-bond acceptors (Lipinski definition) is 3. The van der Waals surface area contributed by atoms with Gasteiger partial charge in [0.05, 0.1) is 5.71 Å². The van der Waals surface area contributed by atoms with Crippen LogP contribution in [-0.2, 0) is 9.53 Å². The number of methoxy groups -OCH3 is 1. The standard InChI is InChI=1S/C19H22N2O2/c1-13-10-11-14(2)17(12-13)15(3)20-21-19(22)18(23-4)16-8-6-5-7-9-16/h5-12,18H,1-4H3,(H,21,22)/b20-15-/t18-/m1/s1. The van der Waals surface area contributed by atoms with Crippen LogP contribution in [0.2, 0.25) is 0 Å². The number of ether oxygens (including phenoxy) is 1. The molecule has 2 aromatic rings. The molecule has 120 valence electrons. The van der Waals surface area contributed by atoms with E-state index in [0.29, 0.717) is 0 Å². The summed E-state index contributed by atoms with van der Waals surface area (Å²) in [6.07, 6.45) is -0.675. The summed E-state index contributed by atoms with van der Waals surface area (Å²) in [5, 5.41) is 4.23. The van der Waals surface area contributed by atoms with Gasteiger partial charge in [-0.1, -0.05) is 48.0 Å². The molecule has 0 spiro atoms. The first-order valence-electron chi connectivity index (χ1n) is 7.52. The van der Waals surface area contributed by atoms with Crippen LogP contribution in [0, 0.1) is 13.8 Å². The van der Waals surface area contributed by atoms with E-state index in [1.54, 1.807) is 0 Å². The van der Waals surface area contributed by atoms with Crippen molar-refractivity contribution < 1.29 is 9.53 Å². The van der Waals surface area contributed by atoms with Gasteiger partial charge >= 0.3 is 0 Å². The number of carbonyl (C=O) groups is 1. The van der Waals surface area contributed by atoms with Gasteiger partial charge in [-0.25, -0.2) is 5.43 Å². The molecule has 0 aromatic heterocycles. The molecule has 0 saturated heterocycles. The molecule has 0 fully saturated rings. The van der Waals surface area contributed by atoms with E-state index in [-0.39, 0.29) is 5.91 Å². The Kier molecular flexibility index (Phi) is 5.66. The first-order valence-corrected chi connectivity index (χ1v) is 7.52. The van der Waals surface area contributed by atoms with Gasteiger partial charge in [0.15, 0.2) is 6.10 Å². The number of aryl methyl sites for hydroxylation is 2. The first kappa shape index (κ1) is 16.9. The average molecular weight is 310 g/mol. The monoisotopic (exact) mass is 310 g/mol. The minimum Gasteiger partial charge on any atom is -0.367 e. The molecule has 0 aliphatic carbocycles. The third-order valence-corrected chi connectivity index (χ3v) is 3.69. The Bertz CT molecular complexity index is 709. The van der Waals surface area contributed by atoms with Gasteiger partial charge in [-0.15, -0.1) is 0 Å². The Morgan fingerprint density at radius 1 is 1.13 bits per heavy atom. The van der Waals surface area contributed by atoms with Crippen LogP contribution in [0.5, 0.6) is 0 Å². The zero-order valence-electron chi connectivity index (χ0n) is 14.0. The van der Waals surface area contributed by atoms with E-state index in [2.05, 4.69) is 22.7 Å². The summed E-state index contributed by atoms with van der Waals surface area (Å²) in [5.74, 6) is -0.289. The molecule has 0 saturated carbocycles. The van der Waals surface area contributed by atoms with E-state index in [1.165, 1.54) is 7.11 Å². The Labute approximate surface area is 137 Å². The SMILES string of the molecule is CO[C@@H](C(=O)N/N=C(/C)c1cc(C)ccc1C)c1ccccc1. The van der Waals surface area contributed by atoms with Crippen LogP contribution < -0.4 is 5.43 Å². The number of rotatable bonds is 5. The lowest BCUT2D eigenvalue weighted by Crippen LogP contribution is -2.27. The number of amides is 1. The van der Waals surface area contributed by atoms with E-state index in [0.717, 1.165) is 28.0 Å². The maximum absolute atomic E-state index is 12.3. The van der Waals surface area contributed by atoms with Gasteiger partial charge in [-0.3, -0.25) is 4.79 Å². The van der Waals surface area contributed by atoms with Crippen molar-refractivity contribution in [3.05, 3.63) is 70.8 Å². The van der Waals surface area contributed by atoms with Crippen LogP contribution in [0.15, 0.2) is 53.6 Å². The van der Waals surface area contributed by atoms with Crippen molar-refractivity contribution in [2.45, 2.75) is 26.9 Å². The van der Waals surface area contributed by atoms with Crippen molar-refractivity contribution in [2.75, 3.05) is 7.11 Å². The third-order valence-electron chi connectivity index (χ3n) is 3.69. The zero-order chi connectivity index (χ0) is 16.8. The topological polar surface area (TPSA) is 50.7 Å². The summed E-state index contributed by atoms with van der Waals surface area (Å²) in [6.45, 7) is 5.94. The molecule has 1 amide bonds. The summed E-state index contributed by atoms with van der Waals surface area (Å²) in [4.78, 5) is 12.3. The van der Waals surface area contributed by atoms with Crippen molar-refractivity contribution in [2.24, 2.45) is 5.10 Å². The molecule has 0 radical (unpaired) electrons. The second-order valence-corrected chi connectivity index (χ2v) is 5.52. The lowest BCUT2D eigenvalue weighted by molar-refractivity contribution is -0.131. The van der Waals surface area contributed by atoms with Crippen LogP contribution in [-0.4, -0.2) is 18.7 Å². The number of hydrogen-bond donors (Lipinski definition) is 1. The number of carbonyl (C=O) groups excluding carboxylic acids is 1. The van der Waals surface area contributed by atoms with Gasteiger partial charge in [0.1, 0.15) is 0 Å². The first-order chi connectivity index (χ1) is 11.0. The van der Waals surface area contributed by atoms with Gasteiger partial charge in [-0.2, -0.15) is 5.10 Å². The third kappa shape index (κ3) is 4.27. The highest BCUT2D eigenvalue weighted by Gasteiger charge is 2.19. The molecule has 1 atom stereocenters. The van der Waals surface area contributed by atoms with E-state index < -0.39 is 6.10 Å². The predicted octanol–water partition coefficient (Wildman–Crippen LogP) is 3.53. The summed E-state index contributed by atoms with van der Waals surface area (Å²) in [7, 11) is 1.51. The average Bonchev–Trinajstić information content (AvgIpc) is 2.56. The maximum Gasteiger partial charge on any atom is 0.273 e. The van der Waals surface area contributed by atoms with E-state index >= 15 is 0 Å². The van der Waals surface area contributed by atoms with Crippen LogP contribution in [0.25, 0.3) is 0 Å². The molecule has 4 nitrogen and oxygen atoms in total. The molecule has 2 aromatic carbocycles. The lowest BCUT2D eigenvalue weighted by atomic mass is 10.0. The molecule has 0 aliphatic heterocycles. The van der Waals surface area contributed by atoms with Crippen molar-refractivity contribution >= 4 is 11.6 Å². The quantitative estimate of drug-likeness (QED) is 0.678. The van der Waals surface area contributed by atoms with Gasteiger partial charge in [-0.05, 0) is 38.0 Å². The van der Waals surface area contributed by atoms with Crippen molar-refractivity contribution in [3.8, 4) is 0 Å². The molecule has 2 rings (SSSR count). The fourth-order valence-corrected chi connectivity index (χ4v) is 2.41. The Balaban J connectivity index is 2.14. The van der Waals surface area contributed by atoms with Crippen LogP contribution in [0.1, 0.15) is 35.3 Å². The number of nitrogens with zero attached hydrogens (tertiary/aromatic N) is 1. The van der Waals surface area contributed by atoms with Crippen molar-refractivity contribution in [1.29, 1.82) is 0 Å². The van der Waals surface area contributed by atoms with Gasteiger partial charge in [0.25, 0.3) is 5.91 Å². The minimum atomic E-state index is -0.675. The Morgan fingerprint density at radius 3 is 2.48 bits per heavy atom. The highest BCUT2D eigenvalue weighted by atomic mass is 16.5. The number of nitrogens with one attached hydrogen (secondary N) is 1. The normalized spacial score (nSPS) is 12.8.